The van der Waals surface area contributed by atoms with Crippen LogP contribution in [0.5, 0.6) is 11.5 Å². The molecule has 178 valence electrons. The summed E-state index contributed by atoms with van der Waals surface area (Å²) in [5, 5.41) is -0.300. The van der Waals surface area contributed by atoms with E-state index in [0.717, 1.165) is 22.9 Å². The van der Waals surface area contributed by atoms with Crippen LogP contribution in [0.2, 0.25) is 0 Å². The number of amides is 3. The number of benzene rings is 2. The zero-order valence-corrected chi connectivity index (χ0v) is 19.9. The molecule has 0 aliphatic carbocycles. The van der Waals surface area contributed by atoms with Crippen molar-refractivity contribution in [2.75, 3.05) is 40.0 Å². The van der Waals surface area contributed by atoms with Gasteiger partial charge in [-0.25, -0.2) is 0 Å². The standard InChI is InChI=1S/C25H26N2O6S/c1-17-4-3-5-19(12-17)15-27-24(29)22(34-25(27)30)14-18-6-7-20(21(13-18)31-2)33-16-23(28)26-8-10-32-11-9-26/h3-7,12-14H,8-11,15-16H2,1-2H3/b22-14-. The molecule has 0 unspecified atom stereocenters. The van der Waals surface area contributed by atoms with Crippen molar-refractivity contribution in [2.45, 2.75) is 13.5 Å². The highest BCUT2D eigenvalue weighted by molar-refractivity contribution is 8.18. The second-order valence-electron chi connectivity index (χ2n) is 7.95. The fourth-order valence-corrected chi connectivity index (χ4v) is 4.56. The highest BCUT2D eigenvalue weighted by Gasteiger charge is 2.35. The number of hydrogen-bond donors (Lipinski definition) is 0. The Bertz CT molecular complexity index is 1130. The van der Waals surface area contributed by atoms with Gasteiger partial charge in [-0.2, -0.15) is 0 Å². The molecule has 0 aromatic heterocycles. The maximum atomic E-state index is 12.9. The van der Waals surface area contributed by atoms with Crippen LogP contribution in [-0.2, 0) is 20.9 Å². The van der Waals surface area contributed by atoms with Gasteiger partial charge in [-0.15, -0.1) is 0 Å². The van der Waals surface area contributed by atoms with Crippen LogP contribution in [0.3, 0.4) is 0 Å². The number of methoxy groups -OCH3 is 1. The molecule has 8 nitrogen and oxygen atoms in total. The first-order chi connectivity index (χ1) is 16.4. The lowest BCUT2D eigenvalue weighted by atomic mass is 10.1. The van der Waals surface area contributed by atoms with Crippen molar-refractivity contribution in [3.05, 3.63) is 64.1 Å². The lowest BCUT2D eigenvalue weighted by Crippen LogP contribution is -2.43. The number of nitrogens with zero attached hydrogens (tertiary/aromatic N) is 2. The Morgan fingerprint density at radius 2 is 1.91 bits per heavy atom. The number of rotatable bonds is 7. The van der Waals surface area contributed by atoms with Gasteiger partial charge in [0.2, 0.25) is 0 Å². The zero-order valence-electron chi connectivity index (χ0n) is 19.1. The van der Waals surface area contributed by atoms with E-state index in [2.05, 4.69) is 0 Å². The number of ether oxygens (including phenoxy) is 3. The Kier molecular flexibility index (Phi) is 7.54. The monoisotopic (exact) mass is 482 g/mol. The number of morpholine rings is 1. The second-order valence-corrected chi connectivity index (χ2v) is 8.94. The summed E-state index contributed by atoms with van der Waals surface area (Å²) in [5.41, 5.74) is 2.66. The Balaban J connectivity index is 1.43. The van der Waals surface area contributed by atoms with Crippen LogP contribution in [0, 0.1) is 6.92 Å². The molecule has 0 saturated carbocycles. The van der Waals surface area contributed by atoms with Gasteiger partial charge >= 0.3 is 0 Å². The largest absolute Gasteiger partial charge is 0.493 e. The number of thioether (sulfide) groups is 1. The second kappa shape index (κ2) is 10.8. The van der Waals surface area contributed by atoms with Crippen molar-refractivity contribution in [1.82, 2.24) is 9.80 Å². The van der Waals surface area contributed by atoms with Crippen molar-refractivity contribution in [3.63, 3.8) is 0 Å². The maximum absolute atomic E-state index is 12.9. The summed E-state index contributed by atoms with van der Waals surface area (Å²) < 4.78 is 16.4. The SMILES string of the molecule is COc1cc(/C=C2\SC(=O)N(Cc3cccc(C)c3)C2=O)ccc1OCC(=O)N1CCOCC1. The molecule has 0 N–H and O–H groups in total. The molecule has 2 fully saturated rings. The molecule has 3 amide bonds. The summed E-state index contributed by atoms with van der Waals surface area (Å²) in [7, 11) is 1.51. The third-order valence-corrected chi connectivity index (χ3v) is 6.40. The fourth-order valence-electron chi connectivity index (χ4n) is 3.72. The van der Waals surface area contributed by atoms with E-state index in [1.165, 1.54) is 12.0 Å². The summed E-state index contributed by atoms with van der Waals surface area (Å²) in [6, 6.07) is 12.9. The van der Waals surface area contributed by atoms with Crippen LogP contribution >= 0.6 is 11.8 Å². The molecule has 34 heavy (non-hydrogen) atoms. The van der Waals surface area contributed by atoms with Gasteiger partial charge in [-0.1, -0.05) is 35.9 Å². The van der Waals surface area contributed by atoms with E-state index in [-0.39, 0.29) is 30.2 Å². The van der Waals surface area contributed by atoms with E-state index in [1.54, 1.807) is 29.2 Å². The molecule has 2 saturated heterocycles. The van der Waals surface area contributed by atoms with Crippen LogP contribution in [0.4, 0.5) is 4.79 Å². The molecule has 2 aliphatic rings. The van der Waals surface area contributed by atoms with E-state index >= 15 is 0 Å². The Morgan fingerprint density at radius 1 is 1.12 bits per heavy atom. The molecule has 2 heterocycles. The highest BCUT2D eigenvalue weighted by Crippen LogP contribution is 2.35. The molecule has 0 bridgehead atoms. The van der Waals surface area contributed by atoms with Crippen LogP contribution in [-0.4, -0.2) is 66.9 Å². The van der Waals surface area contributed by atoms with Gasteiger partial charge in [0, 0.05) is 13.1 Å². The number of carbonyl (C=O) groups excluding carboxylic acids is 3. The van der Waals surface area contributed by atoms with Gasteiger partial charge in [0.15, 0.2) is 18.1 Å². The molecule has 2 aromatic rings. The summed E-state index contributed by atoms with van der Waals surface area (Å²) in [4.78, 5) is 41.0. The quantitative estimate of drug-likeness (QED) is 0.559. The van der Waals surface area contributed by atoms with Gasteiger partial charge in [0.05, 0.1) is 31.8 Å². The lowest BCUT2D eigenvalue weighted by Gasteiger charge is -2.26. The summed E-state index contributed by atoms with van der Waals surface area (Å²) in [6.45, 7) is 4.26. The first-order valence-corrected chi connectivity index (χ1v) is 11.7. The van der Waals surface area contributed by atoms with Gasteiger partial charge in [-0.3, -0.25) is 19.3 Å². The lowest BCUT2D eigenvalue weighted by molar-refractivity contribution is -0.137. The van der Waals surface area contributed by atoms with E-state index in [0.29, 0.717) is 48.3 Å². The molecule has 9 heteroatoms. The number of carbonyl (C=O) groups is 3. The molecule has 0 radical (unpaired) electrons. The smallest absolute Gasteiger partial charge is 0.293 e. The summed E-state index contributed by atoms with van der Waals surface area (Å²) in [6.07, 6.45) is 1.66. The Labute approximate surface area is 202 Å². The third-order valence-electron chi connectivity index (χ3n) is 5.50. The zero-order chi connectivity index (χ0) is 24.1. The molecule has 2 aromatic carbocycles. The van der Waals surface area contributed by atoms with Crippen LogP contribution < -0.4 is 9.47 Å². The molecular formula is C25H26N2O6S. The molecular weight excluding hydrogens is 456 g/mol. The Morgan fingerprint density at radius 3 is 2.65 bits per heavy atom. The van der Waals surface area contributed by atoms with Crippen molar-refractivity contribution >= 4 is 34.9 Å². The van der Waals surface area contributed by atoms with Gasteiger partial charge in [0.25, 0.3) is 17.1 Å². The van der Waals surface area contributed by atoms with Gasteiger partial charge in [0.1, 0.15) is 0 Å². The van der Waals surface area contributed by atoms with E-state index < -0.39 is 0 Å². The minimum Gasteiger partial charge on any atom is -0.493 e. The average Bonchev–Trinajstić information content (AvgIpc) is 3.10. The number of aryl methyl sites for hydroxylation is 1. The van der Waals surface area contributed by atoms with Crippen LogP contribution in [0.15, 0.2) is 47.4 Å². The van der Waals surface area contributed by atoms with Crippen LogP contribution in [0.1, 0.15) is 16.7 Å². The predicted octanol–water partition coefficient (Wildman–Crippen LogP) is 3.48. The maximum Gasteiger partial charge on any atom is 0.293 e. The summed E-state index contributed by atoms with van der Waals surface area (Å²) in [5.74, 6) is 0.417. The fraction of sp³-hybridized carbons (Fsp3) is 0.320. The first kappa shape index (κ1) is 23.8. The minimum atomic E-state index is -0.327. The highest BCUT2D eigenvalue weighted by atomic mass is 32.2. The normalized spacial score (nSPS) is 17.4. The number of hydrogen-bond acceptors (Lipinski definition) is 7. The van der Waals surface area contributed by atoms with Gasteiger partial charge < -0.3 is 19.1 Å². The first-order valence-electron chi connectivity index (χ1n) is 10.9. The Hall–Kier alpha value is -3.30. The number of imide groups is 1. The molecule has 0 atom stereocenters. The van der Waals surface area contributed by atoms with Crippen molar-refractivity contribution in [3.8, 4) is 11.5 Å². The van der Waals surface area contributed by atoms with Crippen LogP contribution in [0.25, 0.3) is 6.08 Å². The van der Waals surface area contributed by atoms with E-state index in [4.69, 9.17) is 14.2 Å². The predicted molar refractivity (Wildman–Crippen MR) is 129 cm³/mol. The molecule has 2 aliphatic heterocycles. The van der Waals surface area contributed by atoms with Crippen molar-refractivity contribution < 1.29 is 28.6 Å². The van der Waals surface area contributed by atoms with Crippen molar-refractivity contribution in [2.24, 2.45) is 0 Å². The molecule has 4 rings (SSSR count). The average molecular weight is 483 g/mol. The molecule has 0 spiro atoms. The minimum absolute atomic E-state index is 0.104. The summed E-state index contributed by atoms with van der Waals surface area (Å²) >= 11 is 0.914. The van der Waals surface area contributed by atoms with E-state index in [9.17, 15) is 14.4 Å². The topological polar surface area (TPSA) is 85.4 Å². The van der Waals surface area contributed by atoms with Gasteiger partial charge in [-0.05, 0) is 48.0 Å². The van der Waals surface area contributed by atoms with Crippen molar-refractivity contribution in [1.29, 1.82) is 0 Å². The third kappa shape index (κ3) is 5.60. The van der Waals surface area contributed by atoms with E-state index in [1.807, 2.05) is 31.2 Å².